The molecule has 2 aromatic heterocycles. The predicted molar refractivity (Wildman–Crippen MR) is 66.3 cm³/mol. The number of aryl methyl sites for hydroxylation is 1. The Morgan fingerprint density at radius 2 is 2.06 bits per heavy atom. The fourth-order valence-electron chi connectivity index (χ4n) is 1.98. The Morgan fingerprint density at radius 1 is 1.12 bits per heavy atom. The Bertz CT molecular complexity index is 624. The first kappa shape index (κ1) is 9.16. The smallest absolute Gasteiger partial charge is 0.0462 e. The minimum absolute atomic E-state index is 1.15. The molecule has 0 unspecified atom stereocenters. The number of fused-ring (bicyclic) bond motifs is 1. The summed E-state index contributed by atoms with van der Waals surface area (Å²) in [5, 5.41) is 1.28. The number of nitrogens with one attached hydrogen (secondary N) is 1. The molecule has 0 fully saturated rings. The molecule has 78 valence electrons. The van der Waals surface area contributed by atoms with Crippen LogP contribution in [0.3, 0.4) is 0 Å². The number of rotatable bonds is 1. The molecule has 2 heteroatoms. The summed E-state index contributed by atoms with van der Waals surface area (Å²) < 4.78 is 0. The van der Waals surface area contributed by atoms with Crippen LogP contribution in [0, 0.1) is 6.92 Å². The molecule has 0 amide bonds. The van der Waals surface area contributed by atoms with Crippen molar-refractivity contribution in [2.45, 2.75) is 6.92 Å². The van der Waals surface area contributed by atoms with Gasteiger partial charge in [0.1, 0.15) is 0 Å². The van der Waals surface area contributed by atoms with E-state index in [0.29, 0.717) is 0 Å². The van der Waals surface area contributed by atoms with Crippen LogP contribution >= 0.6 is 0 Å². The summed E-state index contributed by atoms with van der Waals surface area (Å²) in [6, 6.07) is 10.5. The Balaban J connectivity index is 2.19. The second-order valence-electron chi connectivity index (χ2n) is 3.97. The molecule has 0 radical (unpaired) electrons. The molecule has 0 saturated carbocycles. The van der Waals surface area contributed by atoms with Gasteiger partial charge in [-0.05, 0) is 30.2 Å². The maximum Gasteiger partial charge on any atom is 0.0462 e. The number of aromatic amines is 1. The maximum absolute atomic E-state index is 4.14. The van der Waals surface area contributed by atoms with E-state index in [4.69, 9.17) is 0 Å². The van der Waals surface area contributed by atoms with Crippen molar-refractivity contribution in [1.82, 2.24) is 9.97 Å². The van der Waals surface area contributed by atoms with Crippen molar-refractivity contribution in [3.05, 3.63) is 54.5 Å². The lowest BCUT2D eigenvalue weighted by Gasteiger charge is -2.01. The highest BCUT2D eigenvalue weighted by molar-refractivity contribution is 5.87. The summed E-state index contributed by atoms with van der Waals surface area (Å²) in [7, 11) is 0. The maximum atomic E-state index is 4.14. The molecule has 0 aliphatic carbocycles. The first-order valence-corrected chi connectivity index (χ1v) is 5.33. The van der Waals surface area contributed by atoms with Crippen LogP contribution in [0.5, 0.6) is 0 Å². The molecule has 0 spiro atoms. The zero-order valence-electron chi connectivity index (χ0n) is 9.07. The molecule has 3 rings (SSSR count). The van der Waals surface area contributed by atoms with Gasteiger partial charge >= 0.3 is 0 Å². The van der Waals surface area contributed by atoms with E-state index in [0.717, 1.165) is 5.56 Å². The zero-order chi connectivity index (χ0) is 11.0. The molecule has 3 aromatic rings. The van der Waals surface area contributed by atoms with Crippen LogP contribution in [0.25, 0.3) is 22.0 Å². The summed E-state index contributed by atoms with van der Waals surface area (Å²) in [6.07, 6.45) is 5.72. The van der Waals surface area contributed by atoms with Crippen LogP contribution in [-0.4, -0.2) is 9.97 Å². The number of benzene rings is 1. The number of hydrogen-bond donors (Lipinski definition) is 1. The lowest BCUT2D eigenvalue weighted by atomic mass is 10.1. The van der Waals surface area contributed by atoms with E-state index in [1.807, 2.05) is 18.5 Å². The molecule has 2 nitrogen and oxygen atoms in total. The molecular weight excluding hydrogens is 196 g/mol. The molecule has 0 aliphatic heterocycles. The van der Waals surface area contributed by atoms with Crippen LogP contribution in [0.4, 0.5) is 0 Å². The van der Waals surface area contributed by atoms with Crippen molar-refractivity contribution in [3.8, 4) is 11.1 Å². The third-order valence-corrected chi connectivity index (χ3v) is 2.88. The van der Waals surface area contributed by atoms with Crippen molar-refractivity contribution in [2.24, 2.45) is 0 Å². The highest BCUT2D eigenvalue weighted by Crippen LogP contribution is 2.24. The largest absolute Gasteiger partial charge is 0.361 e. The summed E-state index contributed by atoms with van der Waals surface area (Å²) in [4.78, 5) is 7.41. The first-order chi connectivity index (χ1) is 7.84. The fourth-order valence-corrected chi connectivity index (χ4v) is 1.98. The van der Waals surface area contributed by atoms with Gasteiger partial charge in [-0.1, -0.05) is 18.2 Å². The number of hydrogen-bond acceptors (Lipinski definition) is 1. The lowest BCUT2D eigenvalue weighted by Crippen LogP contribution is -1.79. The molecule has 0 bridgehead atoms. The molecule has 16 heavy (non-hydrogen) atoms. The molecule has 1 N–H and O–H groups in total. The molecule has 0 atom stereocenters. The van der Waals surface area contributed by atoms with Gasteiger partial charge < -0.3 is 4.98 Å². The van der Waals surface area contributed by atoms with Gasteiger partial charge in [0.25, 0.3) is 0 Å². The van der Waals surface area contributed by atoms with Gasteiger partial charge in [-0.2, -0.15) is 0 Å². The van der Waals surface area contributed by atoms with E-state index in [1.165, 1.54) is 22.0 Å². The molecule has 1 aromatic carbocycles. The van der Waals surface area contributed by atoms with Crippen LogP contribution in [0.2, 0.25) is 0 Å². The fraction of sp³-hybridized carbons (Fsp3) is 0.0714. The van der Waals surface area contributed by atoms with Gasteiger partial charge in [-0.15, -0.1) is 0 Å². The minimum atomic E-state index is 1.15. The van der Waals surface area contributed by atoms with Gasteiger partial charge in [-0.25, -0.2) is 0 Å². The van der Waals surface area contributed by atoms with Gasteiger partial charge in [0.15, 0.2) is 0 Å². The Morgan fingerprint density at radius 3 is 2.88 bits per heavy atom. The minimum Gasteiger partial charge on any atom is -0.361 e. The van der Waals surface area contributed by atoms with Crippen LogP contribution < -0.4 is 0 Å². The van der Waals surface area contributed by atoms with Gasteiger partial charge in [-0.3, -0.25) is 4.98 Å². The van der Waals surface area contributed by atoms with Gasteiger partial charge in [0.05, 0.1) is 0 Å². The molecule has 0 saturated heterocycles. The third kappa shape index (κ3) is 1.39. The number of pyridine rings is 1. The van der Waals surface area contributed by atoms with E-state index in [2.05, 4.69) is 41.2 Å². The van der Waals surface area contributed by atoms with E-state index < -0.39 is 0 Å². The standard InChI is InChI=1S/C14H12N2/c1-10-8-16-14-7-11(4-5-13(10)14)12-3-2-6-15-9-12/h2-9,16H,1H3. The van der Waals surface area contributed by atoms with Crippen LogP contribution in [0.15, 0.2) is 48.9 Å². The Kier molecular flexibility index (Phi) is 2.00. The second-order valence-corrected chi connectivity index (χ2v) is 3.97. The number of H-pyrrole nitrogens is 1. The Hall–Kier alpha value is -2.09. The number of nitrogens with zero attached hydrogens (tertiary/aromatic N) is 1. The summed E-state index contributed by atoms with van der Waals surface area (Å²) in [5.41, 5.74) is 4.81. The van der Waals surface area contributed by atoms with Crippen molar-refractivity contribution in [2.75, 3.05) is 0 Å². The van der Waals surface area contributed by atoms with Gasteiger partial charge in [0, 0.05) is 35.1 Å². The molecule has 2 heterocycles. The van der Waals surface area contributed by atoms with E-state index in [9.17, 15) is 0 Å². The SMILES string of the molecule is Cc1c[nH]c2cc(-c3cccnc3)ccc12. The van der Waals surface area contributed by atoms with Crippen molar-refractivity contribution >= 4 is 10.9 Å². The Labute approximate surface area is 94.0 Å². The van der Waals surface area contributed by atoms with Crippen molar-refractivity contribution in [1.29, 1.82) is 0 Å². The molecular formula is C14H12N2. The van der Waals surface area contributed by atoms with E-state index in [-0.39, 0.29) is 0 Å². The van der Waals surface area contributed by atoms with Crippen molar-refractivity contribution < 1.29 is 0 Å². The number of aromatic nitrogens is 2. The van der Waals surface area contributed by atoms with Crippen LogP contribution in [-0.2, 0) is 0 Å². The zero-order valence-corrected chi connectivity index (χ0v) is 9.07. The summed E-state index contributed by atoms with van der Waals surface area (Å²) in [6.45, 7) is 2.11. The first-order valence-electron chi connectivity index (χ1n) is 5.33. The van der Waals surface area contributed by atoms with Crippen LogP contribution in [0.1, 0.15) is 5.56 Å². The highest BCUT2D eigenvalue weighted by atomic mass is 14.7. The average Bonchev–Trinajstić information content (AvgIpc) is 2.72. The molecule has 0 aliphatic rings. The normalized spacial score (nSPS) is 10.8. The summed E-state index contributed by atoms with van der Waals surface area (Å²) >= 11 is 0. The quantitative estimate of drug-likeness (QED) is 0.651. The lowest BCUT2D eigenvalue weighted by molar-refractivity contribution is 1.33. The average molecular weight is 208 g/mol. The highest BCUT2D eigenvalue weighted by Gasteiger charge is 2.02. The third-order valence-electron chi connectivity index (χ3n) is 2.88. The predicted octanol–water partition coefficient (Wildman–Crippen LogP) is 3.54. The van der Waals surface area contributed by atoms with E-state index >= 15 is 0 Å². The second kappa shape index (κ2) is 3.49. The van der Waals surface area contributed by atoms with Gasteiger partial charge in [0.2, 0.25) is 0 Å². The van der Waals surface area contributed by atoms with E-state index in [1.54, 1.807) is 6.20 Å². The topological polar surface area (TPSA) is 28.7 Å². The summed E-state index contributed by atoms with van der Waals surface area (Å²) in [5.74, 6) is 0. The van der Waals surface area contributed by atoms with Crippen molar-refractivity contribution in [3.63, 3.8) is 0 Å². The monoisotopic (exact) mass is 208 g/mol.